The first-order valence-electron chi connectivity index (χ1n) is 7.05. The molecule has 1 aromatic carbocycles. The second kappa shape index (κ2) is 7.90. The standard InChI is InChI=1S/C16H26N2O2/c1-16(2,3)18-12-10-15(19)17-11-9-13-5-7-14(20-4)8-6-13/h5-8,18H,9-12H2,1-4H3,(H,17,19). The normalized spacial score (nSPS) is 11.2. The lowest BCUT2D eigenvalue weighted by Crippen LogP contribution is -2.38. The lowest BCUT2D eigenvalue weighted by molar-refractivity contribution is -0.121. The van der Waals surface area contributed by atoms with Crippen LogP contribution in [-0.4, -0.2) is 31.6 Å². The van der Waals surface area contributed by atoms with Crippen molar-refractivity contribution in [2.45, 2.75) is 39.2 Å². The van der Waals surface area contributed by atoms with Crippen LogP contribution in [0.1, 0.15) is 32.8 Å². The Hall–Kier alpha value is -1.55. The Kier molecular flexibility index (Phi) is 6.52. The van der Waals surface area contributed by atoms with Gasteiger partial charge in [-0.2, -0.15) is 0 Å². The highest BCUT2D eigenvalue weighted by molar-refractivity contribution is 5.76. The summed E-state index contributed by atoms with van der Waals surface area (Å²) < 4.78 is 5.11. The Labute approximate surface area is 121 Å². The van der Waals surface area contributed by atoms with Crippen LogP contribution in [0, 0.1) is 0 Å². The summed E-state index contributed by atoms with van der Waals surface area (Å²) in [5.41, 5.74) is 1.25. The molecule has 1 aromatic rings. The molecule has 0 aliphatic carbocycles. The van der Waals surface area contributed by atoms with Crippen molar-refractivity contribution in [1.82, 2.24) is 10.6 Å². The van der Waals surface area contributed by atoms with E-state index in [-0.39, 0.29) is 11.4 Å². The van der Waals surface area contributed by atoms with Crippen molar-refractivity contribution >= 4 is 5.91 Å². The number of methoxy groups -OCH3 is 1. The number of nitrogens with one attached hydrogen (secondary N) is 2. The number of hydrogen-bond acceptors (Lipinski definition) is 3. The van der Waals surface area contributed by atoms with E-state index in [0.717, 1.165) is 12.2 Å². The molecule has 20 heavy (non-hydrogen) atoms. The van der Waals surface area contributed by atoms with Gasteiger partial charge in [-0.1, -0.05) is 12.1 Å². The first kappa shape index (κ1) is 16.5. The van der Waals surface area contributed by atoms with Gasteiger partial charge in [0.1, 0.15) is 5.75 Å². The van der Waals surface area contributed by atoms with Crippen LogP contribution in [0.3, 0.4) is 0 Å². The zero-order valence-corrected chi connectivity index (χ0v) is 13.0. The van der Waals surface area contributed by atoms with E-state index in [4.69, 9.17) is 4.74 Å². The molecule has 0 aliphatic rings. The van der Waals surface area contributed by atoms with Crippen LogP contribution in [0.25, 0.3) is 0 Å². The summed E-state index contributed by atoms with van der Waals surface area (Å²) >= 11 is 0. The molecule has 0 saturated carbocycles. The molecule has 4 nitrogen and oxygen atoms in total. The summed E-state index contributed by atoms with van der Waals surface area (Å²) in [6.07, 6.45) is 1.35. The maximum Gasteiger partial charge on any atom is 0.221 e. The third-order valence-electron chi connectivity index (χ3n) is 2.90. The Morgan fingerprint density at radius 2 is 1.80 bits per heavy atom. The summed E-state index contributed by atoms with van der Waals surface area (Å²) in [5.74, 6) is 0.946. The summed E-state index contributed by atoms with van der Waals surface area (Å²) in [4.78, 5) is 11.6. The molecule has 0 unspecified atom stereocenters. The highest BCUT2D eigenvalue weighted by Gasteiger charge is 2.09. The molecule has 112 valence electrons. The third kappa shape index (κ3) is 7.14. The van der Waals surface area contributed by atoms with E-state index in [9.17, 15) is 4.79 Å². The molecule has 0 fully saturated rings. The van der Waals surface area contributed by atoms with E-state index in [1.807, 2.05) is 24.3 Å². The first-order valence-corrected chi connectivity index (χ1v) is 7.05. The van der Waals surface area contributed by atoms with Crippen LogP contribution in [0.15, 0.2) is 24.3 Å². The molecule has 0 aromatic heterocycles. The maximum atomic E-state index is 11.6. The van der Waals surface area contributed by atoms with Crippen molar-refractivity contribution < 1.29 is 9.53 Å². The smallest absolute Gasteiger partial charge is 0.221 e. The summed E-state index contributed by atoms with van der Waals surface area (Å²) in [5, 5.41) is 6.23. The van der Waals surface area contributed by atoms with E-state index in [0.29, 0.717) is 19.5 Å². The lowest BCUT2D eigenvalue weighted by Gasteiger charge is -2.20. The van der Waals surface area contributed by atoms with Gasteiger partial charge in [0.25, 0.3) is 0 Å². The SMILES string of the molecule is COc1ccc(CCNC(=O)CCNC(C)(C)C)cc1. The van der Waals surface area contributed by atoms with Gasteiger partial charge in [0, 0.05) is 25.0 Å². The Balaban J connectivity index is 2.18. The fraction of sp³-hybridized carbons (Fsp3) is 0.562. The van der Waals surface area contributed by atoms with Crippen molar-refractivity contribution in [2.24, 2.45) is 0 Å². The van der Waals surface area contributed by atoms with Crippen molar-refractivity contribution in [1.29, 1.82) is 0 Å². The van der Waals surface area contributed by atoms with Gasteiger partial charge in [-0.3, -0.25) is 4.79 Å². The quantitative estimate of drug-likeness (QED) is 0.803. The predicted octanol–water partition coefficient (Wildman–Crippen LogP) is 2.13. The second-order valence-corrected chi connectivity index (χ2v) is 5.87. The molecule has 0 radical (unpaired) electrons. The maximum absolute atomic E-state index is 11.6. The number of amides is 1. The van der Waals surface area contributed by atoms with Gasteiger partial charge in [-0.25, -0.2) is 0 Å². The Morgan fingerprint density at radius 3 is 2.35 bits per heavy atom. The van der Waals surface area contributed by atoms with Gasteiger partial charge in [0.05, 0.1) is 7.11 Å². The molecule has 0 bridgehead atoms. The topological polar surface area (TPSA) is 50.4 Å². The van der Waals surface area contributed by atoms with E-state index in [1.54, 1.807) is 7.11 Å². The van der Waals surface area contributed by atoms with Gasteiger partial charge in [-0.15, -0.1) is 0 Å². The summed E-state index contributed by atoms with van der Waals surface area (Å²) in [6, 6.07) is 7.91. The number of rotatable bonds is 7. The van der Waals surface area contributed by atoms with Gasteiger partial charge in [0.2, 0.25) is 5.91 Å². The van der Waals surface area contributed by atoms with Gasteiger partial charge in [-0.05, 0) is 44.9 Å². The minimum Gasteiger partial charge on any atom is -0.497 e. The average Bonchev–Trinajstić information content (AvgIpc) is 2.38. The van der Waals surface area contributed by atoms with Gasteiger partial charge >= 0.3 is 0 Å². The highest BCUT2D eigenvalue weighted by atomic mass is 16.5. The van der Waals surface area contributed by atoms with Crippen molar-refractivity contribution in [3.63, 3.8) is 0 Å². The van der Waals surface area contributed by atoms with Crippen molar-refractivity contribution in [3.8, 4) is 5.75 Å². The molecule has 0 heterocycles. The van der Waals surface area contributed by atoms with E-state index < -0.39 is 0 Å². The molecular weight excluding hydrogens is 252 g/mol. The zero-order valence-electron chi connectivity index (χ0n) is 13.0. The zero-order chi connectivity index (χ0) is 15.0. The van der Waals surface area contributed by atoms with Crippen LogP contribution < -0.4 is 15.4 Å². The van der Waals surface area contributed by atoms with Gasteiger partial charge in [0.15, 0.2) is 0 Å². The summed E-state index contributed by atoms with van der Waals surface area (Å²) in [6.45, 7) is 7.65. The predicted molar refractivity (Wildman–Crippen MR) is 82.1 cm³/mol. The minimum atomic E-state index is 0.0589. The van der Waals surface area contributed by atoms with Crippen molar-refractivity contribution in [2.75, 3.05) is 20.2 Å². The first-order chi connectivity index (χ1) is 9.40. The molecule has 0 spiro atoms. The van der Waals surface area contributed by atoms with Gasteiger partial charge < -0.3 is 15.4 Å². The Morgan fingerprint density at radius 1 is 1.15 bits per heavy atom. The second-order valence-electron chi connectivity index (χ2n) is 5.87. The van der Waals surface area contributed by atoms with Crippen LogP contribution in [0.4, 0.5) is 0 Å². The molecule has 1 rings (SSSR count). The lowest BCUT2D eigenvalue weighted by atomic mass is 10.1. The molecule has 0 atom stereocenters. The van der Waals surface area contributed by atoms with Crippen molar-refractivity contribution in [3.05, 3.63) is 29.8 Å². The average molecular weight is 278 g/mol. The number of ether oxygens (including phenoxy) is 1. The largest absolute Gasteiger partial charge is 0.497 e. The van der Waals surface area contributed by atoms with E-state index in [1.165, 1.54) is 5.56 Å². The fourth-order valence-electron chi connectivity index (χ4n) is 1.78. The highest BCUT2D eigenvalue weighted by Crippen LogP contribution is 2.11. The number of benzene rings is 1. The van der Waals surface area contributed by atoms with Crippen LogP contribution in [0.2, 0.25) is 0 Å². The molecule has 0 aliphatic heterocycles. The van der Waals surface area contributed by atoms with Crippen LogP contribution in [0.5, 0.6) is 5.75 Å². The van der Waals surface area contributed by atoms with E-state index >= 15 is 0 Å². The van der Waals surface area contributed by atoms with E-state index in [2.05, 4.69) is 31.4 Å². The molecule has 2 N–H and O–H groups in total. The van der Waals surface area contributed by atoms with Crippen LogP contribution >= 0.6 is 0 Å². The minimum absolute atomic E-state index is 0.0589. The monoisotopic (exact) mass is 278 g/mol. The summed E-state index contributed by atoms with van der Waals surface area (Å²) in [7, 11) is 1.65. The molecular formula is C16H26N2O2. The number of carbonyl (C=O) groups is 1. The molecule has 1 amide bonds. The number of hydrogen-bond donors (Lipinski definition) is 2. The number of carbonyl (C=O) groups excluding carboxylic acids is 1. The molecule has 0 saturated heterocycles. The fourth-order valence-corrected chi connectivity index (χ4v) is 1.78. The third-order valence-corrected chi connectivity index (χ3v) is 2.90. The Bertz CT molecular complexity index is 407. The van der Waals surface area contributed by atoms with Crippen LogP contribution in [-0.2, 0) is 11.2 Å². The molecule has 4 heteroatoms.